The summed E-state index contributed by atoms with van der Waals surface area (Å²) in [6.07, 6.45) is 2.52. The molecule has 0 unspecified atom stereocenters. The molecule has 1 rings (SSSR count). The molecule has 0 atom stereocenters. The van der Waals surface area contributed by atoms with Gasteiger partial charge >= 0.3 is 6.09 Å². The zero-order chi connectivity index (χ0) is 13.8. The van der Waals surface area contributed by atoms with Gasteiger partial charge in [-0.15, -0.1) is 0 Å². The highest BCUT2D eigenvalue weighted by Crippen LogP contribution is 2.30. The molecule has 1 saturated heterocycles. The van der Waals surface area contributed by atoms with Crippen molar-refractivity contribution >= 4 is 16.2 Å². The van der Waals surface area contributed by atoms with E-state index in [0.717, 1.165) is 19.1 Å². The van der Waals surface area contributed by atoms with E-state index < -0.39 is 10.1 Å². The molecular weight excluding hydrogens is 258 g/mol. The van der Waals surface area contributed by atoms with Gasteiger partial charge in [-0.3, -0.25) is 4.18 Å². The minimum absolute atomic E-state index is 0.102. The summed E-state index contributed by atoms with van der Waals surface area (Å²) < 4.78 is 31.6. The average Bonchev–Trinajstić information content (AvgIpc) is 2.21. The van der Waals surface area contributed by atoms with Crippen LogP contribution in [0.5, 0.6) is 0 Å². The summed E-state index contributed by atoms with van der Waals surface area (Å²) in [6, 6.07) is 0. The standard InChI is InChI=1S/C11H21NO5S/c1-4-5-6-16-10(13)12-7-11(2,8-12)9-17-18(3,14)15/h4-9H2,1-3H3. The van der Waals surface area contributed by atoms with Crippen molar-refractivity contribution in [2.75, 3.05) is 32.6 Å². The second-order valence-electron chi connectivity index (χ2n) is 5.10. The number of ether oxygens (including phenoxy) is 1. The number of unbranched alkanes of at least 4 members (excludes halogenated alkanes) is 1. The zero-order valence-corrected chi connectivity index (χ0v) is 12.0. The van der Waals surface area contributed by atoms with Crippen LogP contribution in [0, 0.1) is 5.41 Å². The van der Waals surface area contributed by atoms with Crippen LogP contribution in [0.15, 0.2) is 0 Å². The molecule has 0 aliphatic carbocycles. The number of rotatable bonds is 6. The summed E-state index contributed by atoms with van der Waals surface area (Å²) in [7, 11) is -3.42. The Morgan fingerprint density at radius 3 is 2.50 bits per heavy atom. The fourth-order valence-electron chi connectivity index (χ4n) is 1.74. The second kappa shape index (κ2) is 5.88. The van der Waals surface area contributed by atoms with Crippen LogP contribution in [0.2, 0.25) is 0 Å². The van der Waals surface area contributed by atoms with Crippen LogP contribution in [-0.4, -0.2) is 52.0 Å². The molecule has 7 heteroatoms. The molecule has 18 heavy (non-hydrogen) atoms. The maximum Gasteiger partial charge on any atom is 0.409 e. The SMILES string of the molecule is CCCCOC(=O)N1CC(C)(COS(C)(=O)=O)C1. The molecule has 1 amide bonds. The quantitative estimate of drug-likeness (QED) is 0.540. The van der Waals surface area contributed by atoms with E-state index in [1.54, 1.807) is 4.90 Å². The molecule has 1 heterocycles. The van der Waals surface area contributed by atoms with Gasteiger partial charge in [-0.05, 0) is 6.42 Å². The van der Waals surface area contributed by atoms with Crippen molar-refractivity contribution in [1.29, 1.82) is 0 Å². The van der Waals surface area contributed by atoms with Gasteiger partial charge in [0.05, 0.1) is 19.5 Å². The van der Waals surface area contributed by atoms with E-state index in [2.05, 4.69) is 0 Å². The van der Waals surface area contributed by atoms with Gasteiger partial charge in [0.15, 0.2) is 0 Å². The van der Waals surface area contributed by atoms with Crippen LogP contribution in [0.1, 0.15) is 26.7 Å². The van der Waals surface area contributed by atoms with Gasteiger partial charge in [0.25, 0.3) is 10.1 Å². The minimum Gasteiger partial charge on any atom is -0.449 e. The fraction of sp³-hybridized carbons (Fsp3) is 0.909. The zero-order valence-electron chi connectivity index (χ0n) is 11.1. The third-order valence-electron chi connectivity index (χ3n) is 2.75. The van der Waals surface area contributed by atoms with E-state index in [4.69, 9.17) is 8.92 Å². The Kier molecular flexibility index (Phi) is 4.98. The topological polar surface area (TPSA) is 72.9 Å². The van der Waals surface area contributed by atoms with Crippen LogP contribution in [-0.2, 0) is 19.0 Å². The predicted molar refractivity (Wildman–Crippen MR) is 66.7 cm³/mol. The molecule has 0 saturated carbocycles. The van der Waals surface area contributed by atoms with E-state index in [1.807, 2.05) is 13.8 Å². The molecule has 1 fully saturated rings. The smallest absolute Gasteiger partial charge is 0.409 e. The Morgan fingerprint density at radius 2 is 2.00 bits per heavy atom. The van der Waals surface area contributed by atoms with Gasteiger partial charge in [-0.1, -0.05) is 20.3 Å². The number of nitrogens with zero attached hydrogens (tertiary/aromatic N) is 1. The van der Waals surface area contributed by atoms with E-state index in [9.17, 15) is 13.2 Å². The first-order valence-electron chi connectivity index (χ1n) is 6.02. The van der Waals surface area contributed by atoms with Crippen LogP contribution < -0.4 is 0 Å². The third-order valence-corrected chi connectivity index (χ3v) is 3.29. The van der Waals surface area contributed by atoms with Crippen molar-refractivity contribution in [2.24, 2.45) is 5.41 Å². The molecule has 0 spiro atoms. The summed E-state index contributed by atoms with van der Waals surface area (Å²) in [4.78, 5) is 13.1. The van der Waals surface area contributed by atoms with Crippen molar-refractivity contribution < 1.29 is 22.1 Å². The highest BCUT2D eigenvalue weighted by atomic mass is 32.2. The van der Waals surface area contributed by atoms with Crippen molar-refractivity contribution in [3.8, 4) is 0 Å². The monoisotopic (exact) mass is 279 g/mol. The molecule has 0 bridgehead atoms. The highest BCUT2D eigenvalue weighted by molar-refractivity contribution is 7.85. The number of amides is 1. The van der Waals surface area contributed by atoms with Crippen LogP contribution >= 0.6 is 0 Å². The highest BCUT2D eigenvalue weighted by Gasteiger charge is 2.43. The first kappa shape index (κ1) is 15.2. The Labute approximate surface area is 108 Å². The maximum absolute atomic E-state index is 11.5. The second-order valence-corrected chi connectivity index (χ2v) is 6.74. The summed E-state index contributed by atoms with van der Waals surface area (Å²) >= 11 is 0. The lowest BCUT2D eigenvalue weighted by Crippen LogP contribution is -2.59. The largest absolute Gasteiger partial charge is 0.449 e. The summed E-state index contributed by atoms with van der Waals surface area (Å²) in [5.74, 6) is 0. The summed E-state index contributed by atoms with van der Waals surface area (Å²) in [6.45, 7) is 5.37. The molecule has 0 radical (unpaired) electrons. The molecule has 1 aliphatic rings. The lowest BCUT2D eigenvalue weighted by atomic mass is 9.83. The molecular formula is C11H21NO5S. The first-order chi connectivity index (χ1) is 8.26. The van der Waals surface area contributed by atoms with Gasteiger partial charge in [0, 0.05) is 18.5 Å². The van der Waals surface area contributed by atoms with Crippen LogP contribution in [0.4, 0.5) is 4.79 Å². The molecule has 106 valence electrons. The van der Waals surface area contributed by atoms with E-state index in [0.29, 0.717) is 19.7 Å². The number of hydrogen-bond acceptors (Lipinski definition) is 5. The summed E-state index contributed by atoms with van der Waals surface area (Å²) in [5, 5.41) is 0. The van der Waals surface area contributed by atoms with Gasteiger partial charge in [-0.25, -0.2) is 4.79 Å². The Hall–Kier alpha value is -0.820. The van der Waals surface area contributed by atoms with E-state index >= 15 is 0 Å². The van der Waals surface area contributed by atoms with Gasteiger partial charge in [0.2, 0.25) is 0 Å². The number of likely N-dealkylation sites (tertiary alicyclic amines) is 1. The summed E-state index contributed by atoms with van der Waals surface area (Å²) in [5.41, 5.74) is -0.299. The van der Waals surface area contributed by atoms with Crippen molar-refractivity contribution in [1.82, 2.24) is 4.90 Å². The fourth-order valence-corrected chi connectivity index (χ4v) is 2.24. The Balaban J connectivity index is 2.27. The van der Waals surface area contributed by atoms with Crippen LogP contribution in [0.3, 0.4) is 0 Å². The van der Waals surface area contributed by atoms with E-state index in [-0.39, 0.29) is 18.1 Å². The lowest BCUT2D eigenvalue weighted by Gasteiger charge is -2.46. The Morgan fingerprint density at radius 1 is 1.39 bits per heavy atom. The van der Waals surface area contributed by atoms with Gasteiger partial charge < -0.3 is 9.64 Å². The molecule has 0 aromatic heterocycles. The van der Waals surface area contributed by atoms with Gasteiger partial charge in [-0.2, -0.15) is 8.42 Å². The average molecular weight is 279 g/mol. The normalized spacial score (nSPS) is 18.3. The van der Waals surface area contributed by atoms with E-state index in [1.165, 1.54) is 0 Å². The van der Waals surface area contributed by atoms with Crippen molar-refractivity contribution in [2.45, 2.75) is 26.7 Å². The molecule has 0 aromatic carbocycles. The lowest BCUT2D eigenvalue weighted by molar-refractivity contribution is -0.0171. The third kappa shape index (κ3) is 4.81. The van der Waals surface area contributed by atoms with Crippen molar-refractivity contribution in [3.63, 3.8) is 0 Å². The van der Waals surface area contributed by atoms with Gasteiger partial charge in [0.1, 0.15) is 0 Å². The number of carbonyl (C=O) groups is 1. The van der Waals surface area contributed by atoms with Crippen LogP contribution in [0.25, 0.3) is 0 Å². The number of carbonyl (C=O) groups excluding carboxylic acids is 1. The Bertz CT molecular complexity index is 386. The number of hydrogen-bond donors (Lipinski definition) is 0. The molecule has 0 N–H and O–H groups in total. The molecule has 0 aromatic rings. The maximum atomic E-state index is 11.5. The predicted octanol–water partition coefficient (Wildman–Crippen LogP) is 1.22. The molecule has 1 aliphatic heterocycles. The first-order valence-corrected chi connectivity index (χ1v) is 7.83. The van der Waals surface area contributed by atoms with Crippen molar-refractivity contribution in [3.05, 3.63) is 0 Å². The molecule has 6 nitrogen and oxygen atoms in total. The minimum atomic E-state index is -3.42.